The molecule has 0 saturated carbocycles. The molecule has 2 heteroatoms. The van der Waals surface area contributed by atoms with Gasteiger partial charge >= 0.3 is 0 Å². The number of hydrogen-bond acceptors (Lipinski definition) is 2. The lowest BCUT2D eigenvalue weighted by Gasteiger charge is -2.16. The summed E-state index contributed by atoms with van der Waals surface area (Å²) in [6.45, 7) is 2.02. The molecule has 2 nitrogen and oxygen atoms in total. The van der Waals surface area contributed by atoms with Crippen LogP contribution in [0.25, 0.3) is 11.1 Å². The number of benzene rings is 2. The van der Waals surface area contributed by atoms with Gasteiger partial charge in [-0.3, -0.25) is 0 Å². The number of nitrogens with zero attached hydrogens (tertiary/aromatic N) is 1. The molecule has 0 aromatic heterocycles. The quantitative estimate of drug-likeness (QED) is 0.874. The van der Waals surface area contributed by atoms with E-state index in [0.29, 0.717) is 0 Å². The molecule has 2 atom stereocenters. The topological polar surface area (TPSA) is 44.0 Å². The number of hydrogen-bond donors (Lipinski definition) is 1. The molecule has 0 amide bonds. The first-order chi connectivity index (χ1) is 9.76. The van der Waals surface area contributed by atoms with Crippen LogP contribution in [0.5, 0.6) is 0 Å². The molecule has 2 aromatic carbocycles. The maximum absolute atomic E-state index is 10.3. The monoisotopic (exact) mass is 265 g/mol. The van der Waals surface area contributed by atoms with Gasteiger partial charge in [0.15, 0.2) is 0 Å². The highest BCUT2D eigenvalue weighted by atomic mass is 16.3. The number of nitriles is 1. The zero-order valence-corrected chi connectivity index (χ0v) is 11.7. The number of rotatable bonds is 5. The van der Waals surface area contributed by atoms with Crippen LogP contribution >= 0.6 is 0 Å². The molecule has 0 aliphatic carbocycles. The Labute approximate surface area is 120 Å². The van der Waals surface area contributed by atoms with Gasteiger partial charge in [0.25, 0.3) is 0 Å². The van der Waals surface area contributed by atoms with E-state index in [4.69, 9.17) is 5.26 Å². The Morgan fingerprint density at radius 1 is 1.00 bits per heavy atom. The lowest BCUT2D eigenvalue weighted by atomic mass is 9.92. The van der Waals surface area contributed by atoms with Crippen molar-refractivity contribution in [3.8, 4) is 17.2 Å². The molecule has 0 bridgehead atoms. The Bertz CT molecular complexity index is 569. The summed E-state index contributed by atoms with van der Waals surface area (Å²) in [5, 5.41) is 19.4. The molecular formula is C18H19NO. The van der Waals surface area contributed by atoms with E-state index >= 15 is 0 Å². The summed E-state index contributed by atoms with van der Waals surface area (Å²) in [5.74, 6) is -0.331. The largest absolute Gasteiger partial charge is 0.387 e. The van der Waals surface area contributed by atoms with Gasteiger partial charge in [-0.25, -0.2) is 0 Å². The third-order valence-electron chi connectivity index (χ3n) is 3.51. The number of aliphatic hydroxyl groups excluding tert-OH is 1. The highest BCUT2D eigenvalue weighted by Crippen LogP contribution is 2.27. The van der Waals surface area contributed by atoms with Crippen LogP contribution in [-0.4, -0.2) is 5.11 Å². The Hall–Kier alpha value is -2.11. The fourth-order valence-electron chi connectivity index (χ4n) is 2.34. The predicted octanol–water partition coefficient (Wildman–Crippen LogP) is 4.33. The van der Waals surface area contributed by atoms with Gasteiger partial charge in [0.1, 0.15) is 0 Å². The molecular weight excluding hydrogens is 246 g/mol. The molecule has 1 N–H and O–H groups in total. The molecule has 0 aliphatic rings. The molecule has 2 aromatic rings. The van der Waals surface area contributed by atoms with Crippen molar-refractivity contribution in [2.75, 3.05) is 0 Å². The van der Waals surface area contributed by atoms with E-state index in [-0.39, 0.29) is 5.92 Å². The van der Waals surface area contributed by atoms with Gasteiger partial charge in [-0.2, -0.15) is 5.26 Å². The van der Waals surface area contributed by atoms with E-state index in [1.54, 1.807) is 0 Å². The Morgan fingerprint density at radius 2 is 1.60 bits per heavy atom. The van der Waals surface area contributed by atoms with Crippen molar-refractivity contribution >= 4 is 0 Å². The van der Waals surface area contributed by atoms with E-state index in [2.05, 4.69) is 18.2 Å². The summed E-state index contributed by atoms with van der Waals surface area (Å²) >= 11 is 0. The van der Waals surface area contributed by atoms with Crippen LogP contribution in [0.1, 0.15) is 31.4 Å². The van der Waals surface area contributed by atoms with Crippen molar-refractivity contribution in [2.45, 2.75) is 25.9 Å². The maximum atomic E-state index is 10.3. The molecule has 2 unspecified atom stereocenters. The van der Waals surface area contributed by atoms with Crippen LogP contribution in [-0.2, 0) is 0 Å². The lowest BCUT2D eigenvalue weighted by Crippen LogP contribution is -2.10. The molecule has 20 heavy (non-hydrogen) atoms. The van der Waals surface area contributed by atoms with Gasteiger partial charge in [-0.1, -0.05) is 67.9 Å². The molecule has 0 aliphatic heterocycles. The fraction of sp³-hybridized carbons (Fsp3) is 0.278. The molecule has 0 spiro atoms. The van der Waals surface area contributed by atoms with Crippen LogP contribution in [0.4, 0.5) is 0 Å². The SMILES string of the molecule is CCCC(C#N)C(O)c1ccc(-c2ccccc2)cc1. The van der Waals surface area contributed by atoms with Crippen molar-refractivity contribution in [1.82, 2.24) is 0 Å². The summed E-state index contributed by atoms with van der Waals surface area (Å²) in [6, 6.07) is 20.1. The van der Waals surface area contributed by atoms with Crippen molar-refractivity contribution < 1.29 is 5.11 Å². The summed E-state index contributed by atoms with van der Waals surface area (Å²) in [4.78, 5) is 0. The summed E-state index contributed by atoms with van der Waals surface area (Å²) in [5.41, 5.74) is 3.08. The van der Waals surface area contributed by atoms with Crippen molar-refractivity contribution in [1.29, 1.82) is 5.26 Å². The van der Waals surface area contributed by atoms with Crippen LogP contribution in [0.15, 0.2) is 54.6 Å². The highest BCUT2D eigenvalue weighted by Gasteiger charge is 2.19. The van der Waals surface area contributed by atoms with E-state index in [1.807, 2.05) is 49.4 Å². The van der Waals surface area contributed by atoms with Gasteiger partial charge in [0.2, 0.25) is 0 Å². The van der Waals surface area contributed by atoms with Crippen LogP contribution < -0.4 is 0 Å². The minimum absolute atomic E-state index is 0.331. The standard InChI is InChI=1S/C18H19NO/c1-2-6-17(13-19)18(20)16-11-9-15(10-12-16)14-7-4-3-5-8-14/h3-5,7-12,17-18,20H,2,6H2,1H3. The average Bonchev–Trinajstić information content (AvgIpc) is 2.53. The summed E-state index contributed by atoms with van der Waals surface area (Å²) in [6.07, 6.45) is 0.917. The van der Waals surface area contributed by atoms with Gasteiger partial charge < -0.3 is 5.11 Å². The van der Waals surface area contributed by atoms with Gasteiger partial charge in [0.05, 0.1) is 18.1 Å². The van der Waals surface area contributed by atoms with Gasteiger partial charge in [-0.05, 0) is 23.1 Å². The lowest BCUT2D eigenvalue weighted by molar-refractivity contribution is 0.130. The second-order valence-electron chi connectivity index (χ2n) is 4.96. The molecule has 0 saturated heterocycles. The maximum Gasteiger partial charge on any atom is 0.0948 e. The second-order valence-corrected chi connectivity index (χ2v) is 4.96. The van der Waals surface area contributed by atoms with Crippen LogP contribution in [0.2, 0.25) is 0 Å². The minimum atomic E-state index is -0.704. The fourth-order valence-corrected chi connectivity index (χ4v) is 2.34. The van der Waals surface area contributed by atoms with E-state index in [1.165, 1.54) is 0 Å². The zero-order chi connectivity index (χ0) is 14.4. The van der Waals surface area contributed by atoms with E-state index < -0.39 is 6.10 Å². The first-order valence-electron chi connectivity index (χ1n) is 6.99. The minimum Gasteiger partial charge on any atom is -0.387 e. The Balaban J connectivity index is 2.18. The van der Waals surface area contributed by atoms with Crippen molar-refractivity contribution in [3.63, 3.8) is 0 Å². The van der Waals surface area contributed by atoms with Gasteiger partial charge in [0, 0.05) is 0 Å². The third-order valence-corrected chi connectivity index (χ3v) is 3.51. The zero-order valence-electron chi connectivity index (χ0n) is 11.7. The first-order valence-corrected chi connectivity index (χ1v) is 6.99. The normalized spacial score (nSPS) is 13.4. The molecule has 0 fully saturated rings. The summed E-state index contributed by atoms with van der Waals surface area (Å²) in [7, 11) is 0. The third kappa shape index (κ3) is 3.26. The average molecular weight is 265 g/mol. The molecule has 0 heterocycles. The summed E-state index contributed by atoms with van der Waals surface area (Å²) < 4.78 is 0. The number of aliphatic hydroxyl groups is 1. The highest BCUT2D eigenvalue weighted by molar-refractivity contribution is 5.63. The molecule has 2 rings (SSSR count). The van der Waals surface area contributed by atoms with E-state index in [0.717, 1.165) is 29.5 Å². The van der Waals surface area contributed by atoms with Crippen molar-refractivity contribution in [2.24, 2.45) is 5.92 Å². The predicted molar refractivity (Wildman–Crippen MR) is 80.8 cm³/mol. The molecule has 102 valence electrons. The first kappa shape index (κ1) is 14.3. The smallest absolute Gasteiger partial charge is 0.0948 e. The second kappa shape index (κ2) is 6.88. The van der Waals surface area contributed by atoms with Crippen molar-refractivity contribution in [3.05, 3.63) is 60.2 Å². The van der Waals surface area contributed by atoms with Crippen LogP contribution in [0, 0.1) is 17.2 Å². The molecule has 0 radical (unpaired) electrons. The van der Waals surface area contributed by atoms with E-state index in [9.17, 15) is 5.11 Å². The van der Waals surface area contributed by atoms with Gasteiger partial charge in [-0.15, -0.1) is 0 Å². The Kier molecular flexibility index (Phi) is 4.92. The van der Waals surface area contributed by atoms with Crippen LogP contribution in [0.3, 0.4) is 0 Å². The Morgan fingerprint density at radius 3 is 2.15 bits per heavy atom.